The third-order valence-electron chi connectivity index (χ3n) is 3.33. The van der Waals surface area contributed by atoms with Crippen molar-refractivity contribution >= 4 is 29.1 Å². The maximum atomic E-state index is 11.8. The Morgan fingerprint density at radius 1 is 1.00 bits per heavy atom. The SMILES string of the molecule is CC(=NNC(=O)C(=O)Nc1ccc(C(N)=O)cc1)c1ccc(O)cc1O. The molecule has 134 valence electrons. The van der Waals surface area contributed by atoms with Gasteiger partial charge in [-0.2, -0.15) is 5.10 Å². The number of amides is 3. The lowest BCUT2D eigenvalue weighted by Crippen LogP contribution is -2.33. The lowest BCUT2D eigenvalue weighted by Gasteiger charge is -2.06. The van der Waals surface area contributed by atoms with Gasteiger partial charge in [-0.1, -0.05) is 0 Å². The predicted octanol–water partition coefficient (Wildman–Crippen LogP) is 0.676. The summed E-state index contributed by atoms with van der Waals surface area (Å²) in [4.78, 5) is 34.6. The van der Waals surface area contributed by atoms with Crippen LogP contribution in [0.2, 0.25) is 0 Å². The Bertz CT molecular complexity index is 891. The van der Waals surface area contributed by atoms with Crippen molar-refractivity contribution in [3.05, 3.63) is 53.6 Å². The Morgan fingerprint density at radius 3 is 2.23 bits per heavy atom. The van der Waals surface area contributed by atoms with Crippen molar-refractivity contribution < 1.29 is 24.6 Å². The number of aromatic hydroxyl groups is 2. The lowest BCUT2D eigenvalue weighted by atomic mass is 10.1. The number of carbonyl (C=O) groups excluding carboxylic acids is 3. The molecule has 0 unspecified atom stereocenters. The Labute approximate surface area is 148 Å². The first-order valence-corrected chi connectivity index (χ1v) is 7.35. The summed E-state index contributed by atoms with van der Waals surface area (Å²) in [6.45, 7) is 1.51. The largest absolute Gasteiger partial charge is 0.508 e. The number of benzene rings is 2. The van der Waals surface area contributed by atoms with Gasteiger partial charge in [-0.25, -0.2) is 5.43 Å². The van der Waals surface area contributed by atoms with Gasteiger partial charge in [0.1, 0.15) is 11.5 Å². The fourth-order valence-corrected chi connectivity index (χ4v) is 1.98. The summed E-state index contributed by atoms with van der Waals surface area (Å²) < 4.78 is 0. The smallest absolute Gasteiger partial charge is 0.329 e. The zero-order valence-corrected chi connectivity index (χ0v) is 13.7. The predicted molar refractivity (Wildman–Crippen MR) is 93.7 cm³/mol. The quantitative estimate of drug-likeness (QED) is 0.309. The molecule has 0 heterocycles. The van der Waals surface area contributed by atoms with Crippen LogP contribution in [-0.2, 0) is 9.59 Å². The molecule has 0 aliphatic carbocycles. The van der Waals surface area contributed by atoms with Gasteiger partial charge in [0, 0.05) is 22.9 Å². The number of hydrazone groups is 1. The van der Waals surface area contributed by atoms with Crippen LogP contribution in [0.4, 0.5) is 5.69 Å². The Hall–Kier alpha value is -3.88. The Balaban J connectivity index is 2.00. The van der Waals surface area contributed by atoms with E-state index in [-0.39, 0.29) is 28.3 Å². The van der Waals surface area contributed by atoms with E-state index in [0.717, 1.165) is 6.07 Å². The summed E-state index contributed by atoms with van der Waals surface area (Å²) in [5.41, 5.74) is 8.25. The maximum Gasteiger partial charge on any atom is 0.329 e. The van der Waals surface area contributed by atoms with Gasteiger partial charge in [0.15, 0.2) is 0 Å². The molecular weight excluding hydrogens is 340 g/mol. The standard InChI is InChI=1S/C17H16N4O5/c1-9(13-7-6-12(22)8-14(13)23)20-21-17(26)16(25)19-11-4-2-10(3-5-11)15(18)24/h2-8,22-23H,1H3,(H2,18,24)(H,19,25)(H,21,26). The van der Waals surface area contributed by atoms with E-state index >= 15 is 0 Å². The second kappa shape index (κ2) is 7.79. The van der Waals surface area contributed by atoms with E-state index in [9.17, 15) is 24.6 Å². The van der Waals surface area contributed by atoms with Crippen LogP contribution in [0.5, 0.6) is 11.5 Å². The second-order valence-corrected chi connectivity index (χ2v) is 5.24. The van der Waals surface area contributed by atoms with E-state index in [4.69, 9.17) is 5.73 Å². The third-order valence-corrected chi connectivity index (χ3v) is 3.33. The number of nitrogens with zero attached hydrogens (tertiary/aromatic N) is 1. The van der Waals surface area contributed by atoms with Crippen molar-refractivity contribution in [1.29, 1.82) is 0 Å². The number of nitrogens with two attached hydrogens (primary N) is 1. The van der Waals surface area contributed by atoms with Crippen LogP contribution in [0.25, 0.3) is 0 Å². The molecule has 2 aromatic carbocycles. The van der Waals surface area contributed by atoms with E-state index < -0.39 is 17.7 Å². The van der Waals surface area contributed by atoms with Crippen LogP contribution in [-0.4, -0.2) is 33.6 Å². The van der Waals surface area contributed by atoms with Gasteiger partial charge in [0.2, 0.25) is 5.91 Å². The first-order chi connectivity index (χ1) is 12.3. The highest BCUT2D eigenvalue weighted by Gasteiger charge is 2.14. The van der Waals surface area contributed by atoms with Gasteiger partial charge >= 0.3 is 11.8 Å². The van der Waals surface area contributed by atoms with E-state index in [2.05, 4.69) is 15.8 Å². The molecule has 0 spiro atoms. The summed E-state index contributed by atoms with van der Waals surface area (Å²) in [5, 5.41) is 25.1. The minimum absolute atomic E-state index is 0.121. The van der Waals surface area contributed by atoms with Crippen LogP contribution in [0.15, 0.2) is 47.6 Å². The fourth-order valence-electron chi connectivity index (χ4n) is 1.98. The van der Waals surface area contributed by atoms with Crippen molar-refractivity contribution in [2.45, 2.75) is 6.92 Å². The van der Waals surface area contributed by atoms with Crippen LogP contribution >= 0.6 is 0 Å². The molecule has 2 aromatic rings. The Kier molecular flexibility index (Phi) is 5.53. The summed E-state index contributed by atoms with van der Waals surface area (Å²) >= 11 is 0. The molecule has 26 heavy (non-hydrogen) atoms. The van der Waals surface area contributed by atoms with E-state index in [1.165, 1.54) is 43.3 Å². The summed E-state index contributed by atoms with van der Waals surface area (Å²) in [7, 11) is 0. The molecule has 2 rings (SSSR count). The van der Waals surface area contributed by atoms with Crippen molar-refractivity contribution in [3.8, 4) is 11.5 Å². The molecule has 0 aromatic heterocycles. The molecule has 0 bridgehead atoms. The number of phenolic OH excluding ortho intramolecular Hbond substituents is 2. The van der Waals surface area contributed by atoms with Gasteiger partial charge in [0.25, 0.3) is 0 Å². The summed E-state index contributed by atoms with van der Waals surface area (Å²) in [6.07, 6.45) is 0. The van der Waals surface area contributed by atoms with Gasteiger partial charge in [-0.15, -0.1) is 0 Å². The topological polar surface area (TPSA) is 154 Å². The highest BCUT2D eigenvalue weighted by molar-refractivity contribution is 6.39. The number of hydrogen-bond acceptors (Lipinski definition) is 6. The lowest BCUT2D eigenvalue weighted by molar-refractivity contribution is -0.136. The zero-order chi connectivity index (χ0) is 19.3. The molecule has 9 nitrogen and oxygen atoms in total. The van der Waals surface area contributed by atoms with Gasteiger partial charge in [-0.05, 0) is 43.3 Å². The average Bonchev–Trinajstić information content (AvgIpc) is 2.59. The van der Waals surface area contributed by atoms with Crippen LogP contribution in [0, 0.1) is 0 Å². The third kappa shape index (κ3) is 4.57. The minimum atomic E-state index is -1.03. The number of primary amides is 1. The Morgan fingerprint density at radius 2 is 1.65 bits per heavy atom. The number of hydrogen-bond donors (Lipinski definition) is 5. The van der Waals surface area contributed by atoms with Gasteiger partial charge in [-0.3, -0.25) is 14.4 Å². The number of carbonyl (C=O) groups is 3. The molecule has 0 radical (unpaired) electrons. The number of nitrogens with one attached hydrogen (secondary N) is 2. The molecule has 0 saturated carbocycles. The number of anilines is 1. The molecule has 0 saturated heterocycles. The van der Waals surface area contributed by atoms with Crippen LogP contribution in [0.1, 0.15) is 22.8 Å². The number of rotatable bonds is 4. The number of phenols is 2. The van der Waals surface area contributed by atoms with Crippen molar-refractivity contribution in [2.75, 3.05) is 5.32 Å². The first-order valence-electron chi connectivity index (χ1n) is 7.35. The molecule has 0 aliphatic rings. The van der Waals surface area contributed by atoms with Crippen molar-refractivity contribution in [2.24, 2.45) is 10.8 Å². The molecule has 0 fully saturated rings. The molecule has 0 aliphatic heterocycles. The molecule has 6 N–H and O–H groups in total. The first kappa shape index (κ1) is 18.5. The molecule has 3 amide bonds. The molecule has 0 atom stereocenters. The van der Waals surface area contributed by atoms with Crippen molar-refractivity contribution in [3.63, 3.8) is 0 Å². The minimum Gasteiger partial charge on any atom is -0.508 e. The van der Waals surface area contributed by atoms with Crippen LogP contribution < -0.4 is 16.5 Å². The molecule has 9 heteroatoms. The summed E-state index contributed by atoms with van der Waals surface area (Å²) in [5.74, 6) is -2.95. The monoisotopic (exact) mass is 356 g/mol. The normalized spacial score (nSPS) is 10.9. The molecular formula is C17H16N4O5. The fraction of sp³-hybridized carbons (Fsp3) is 0.0588. The maximum absolute atomic E-state index is 11.8. The van der Waals surface area contributed by atoms with Crippen molar-refractivity contribution in [1.82, 2.24) is 5.43 Å². The van der Waals surface area contributed by atoms with E-state index in [0.29, 0.717) is 5.69 Å². The van der Waals surface area contributed by atoms with E-state index in [1.54, 1.807) is 0 Å². The zero-order valence-electron chi connectivity index (χ0n) is 13.7. The average molecular weight is 356 g/mol. The van der Waals surface area contributed by atoms with E-state index in [1.807, 2.05) is 0 Å². The van der Waals surface area contributed by atoms with Crippen LogP contribution in [0.3, 0.4) is 0 Å². The highest BCUT2D eigenvalue weighted by atomic mass is 16.3. The van der Waals surface area contributed by atoms with Gasteiger partial charge < -0.3 is 21.3 Å². The summed E-state index contributed by atoms with van der Waals surface area (Å²) in [6, 6.07) is 9.55. The highest BCUT2D eigenvalue weighted by Crippen LogP contribution is 2.22. The second-order valence-electron chi connectivity index (χ2n) is 5.24. The van der Waals surface area contributed by atoms with Gasteiger partial charge in [0.05, 0.1) is 5.71 Å².